The van der Waals surface area contributed by atoms with Gasteiger partial charge in [0.2, 0.25) is 5.60 Å². The number of alkyl halides is 3. The summed E-state index contributed by atoms with van der Waals surface area (Å²) in [5, 5.41) is 13.5. The van der Waals surface area contributed by atoms with Gasteiger partial charge in [0, 0.05) is 31.9 Å². The van der Waals surface area contributed by atoms with Crippen molar-refractivity contribution in [3.8, 4) is 0 Å². The third-order valence-electron chi connectivity index (χ3n) is 5.26. The predicted octanol–water partition coefficient (Wildman–Crippen LogP) is 2.97. The van der Waals surface area contributed by atoms with Gasteiger partial charge in [0.1, 0.15) is 5.82 Å². The van der Waals surface area contributed by atoms with E-state index < -0.39 is 18.2 Å². The quantitative estimate of drug-likeness (QED) is 0.871. The Labute approximate surface area is 135 Å². The molecule has 2 N–H and O–H groups in total. The van der Waals surface area contributed by atoms with E-state index in [9.17, 15) is 18.3 Å². The van der Waals surface area contributed by atoms with Crippen LogP contribution in [0.25, 0.3) is 0 Å². The van der Waals surface area contributed by atoms with E-state index in [1.165, 1.54) is 30.4 Å². The van der Waals surface area contributed by atoms with Crippen molar-refractivity contribution in [2.75, 3.05) is 6.54 Å². The topological polar surface area (TPSA) is 50.1 Å². The van der Waals surface area contributed by atoms with Gasteiger partial charge in [-0.15, -0.1) is 0 Å². The van der Waals surface area contributed by atoms with Crippen LogP contribution in [-0.4, -0.2) is 33.4 Å². The lowest BCUT2D eigenvalue weighted by Gasteiger charge is -2.36. The SMILES string of the molecule is C[C@@H]1[C@H](C)CCC[C@@H]1NCC[C@@](O)(c1nccn1C)C(F)(F)F. The van der Waals surface area contributed by atoms with Gasteiger partial charge in [-0.2, -0.15) is 13.2 Å². The number of halogens is 3. The molecule has 1 aromatic heterocycles. The van der Waals surface area contributed by atoms with Crippen molar-refractivity contribution >= 4 is 0 Å². The Morgan fingerprint density at radius 1 is 1.35 bits per heavy atom. The van der Waals surface area contributed by atoms with Gasteiger partial charge >= 0.3 is 6.18 Å². The van der Waals surface area contributed by atoms with Crippen molar-refractivity contribution in [1.29, 1.82) is 0 Å². The maximum absolute atomic E-state index is 13.4. The monoisotopic (exact) mass is 333 g/mol. The van der Waals surface area contributed by atoms with E-state index in [1.807, 2.05) is 0 Å². The smallest absolute Gasteiger partial charge is 0.374 e. The first-order chi connectivity index (χ1) is 10.7. The molecular weight excluding hydrogens is 307 g/mol. The number of hydrogen-bond acceptors (Lipinski definition) is 3. The zero-order valence-electron chi connectivity index (χ0n) is 13.9. The van der Waals surface area contributed by atoms with Gasteiger partial charge in [-0.3, -0.25) is 0 Å². The van der Waals surface area contributed by atoms with Crippen LogP contribution in [0.15, 0.2) is 12.4 Å². The lowest BCUT2D eigenvalue weighted by atomic mass is 9.78. The van der Waals surface area contributed by atoms with Crippen LogP contribution in [0, 0.1) is 11.8 Å². The van der Waals surface area contributed by atoms with E-state index in [0.29, 0.717) is 11.8 Å². The molecule has 23 heavy (non-hydrogen) atoms. The molecule has 1 saturated carbocycles. The maximum atomic E-state index is 13.4. The molecule has 0 spiro atoms. The summed E-state index contributed by atoms with van der Waals surface area (Å²) in [6.45, 7) is 4.42. The second-order valence-electron chi connectivity index (χ2n) is 6.80. The number of aromatic nitrogens is 2. The third-order valence-corrected chi connectivity index (χ3v) is 5.26. The van der Waals surface area contributed by atoms with Gasteiger partial charge in [-0.1, -0.05) is 26.7 Å². The predicted molar refractivity (Wildman–Crippen MR) is 81.7 cm³/mol. The zero-order valence-corrected chi connectivity index (χ0v) is 13.9. The number of aliphatic hydroxyl groups is 1. The molecule has 1 heterocycles. The molecule has 0 saturated heterocycles. The van der Waals surface area contributed by atoms with Crippen molar-refractivity contribution < 1.29 is 18.3 Å². The summed E-state index contributed by atoms with van der Waals surface area (Å²) in [6.07, 6.45) is 0.691. The first-order valence-electron chi connectivity index (χ1n) is 8.17. The van der Waals surface area contributed by atoms with Crippen LogP contribution in [-0.2, 0) is 12.6 Å². The van der Waals surface area contributed by atoms with Crippen molar-refractivity contribution in [3.05, 3.63) is 18.2 Å². The third kappa shape index (κ3) is 3.71. The van der Waals surface area contributed by atoms with Crippen LogP contribution in [0.1, 0.15) is 45.4 Å². The summed E-state index contributed by atoms with van der Waals surface area (Å²) in [5.74, 6) is 0.630. The molecule has 0 amide bonds. The Morgan fingerprint density at radius 2 is 2.04 bits per heavy atom. The van der Waals surface area contributed by atoms with Crippen LogP contribution < -0.4 is 5.32 Å². The van der Waals surface area contributed by atoms with E-state index in [1.54, 1.807) is 0 Å². The van der Waals surface area contributed by atoms with Crippen molar-refractivity contribution in [2.24, 2.45) is 18.9 Å². The second-order valence-corrected chi connectivity index (χ2v) is 6.80. The molecule has 2 rings (SSSR count). The molecule has 132 valence electrons. The Balaban J connectivity index is 2.04. The molecule has 4 atom stereocenters. The normalized spacial score (nSPS) is 28.6. The van der Waals surface area contributed by atoms with Crippen LogP contribution >= 0.6 is 0 Å². The fourth-order valence-corrected chi connectivity index (χ4v) is 3.45. The van der Waals surface area contributed by atoms with E-state index in [0.717, 1.165) is 12.8 Å². The van der Waals surface area contributed by atoms with Crippen molar-refractivity contribution in [2.45, 2.75) is 57.3 Å². The number of imidazole rings is 1. The molecule has 0 radical (unpaired) electrons. The Morgan fingerprint density at radius 3 is 2.61 bits per heavy atom. The summed E-state index contributed by atoms with van der Waals surface area (Å²) in [4.78, 5) is 3.71. The molecule has 0 bridgehead atoms. The van der Waals surface area contributed by atoms with Crippen LogP contribution in [0.5, 0.6) is 0 Å². The lowest BCUT2D eigenvalue weighted by molar-refractivity contribution is -0.272. The highest BCUT2D eigenvalue weighted by molar-refractivity contribution is 5.08. The minimum atomic E-state index is -4.76. The highest BCUT2D eigenvalue weighted by Crippen LogP contribution is 2.40. The van der Waals surface area contributed by atoms with Gasteiger partial charge in [0.05, 0.1) is 0 Å². The zero-order chi connectivity index (χ0) is 17.3. The average molecular weight is 333 g/mol. The lowest BCUT2D eigenvalue weighted by Crippen LogP contribution is -2.48. The molecule has 0 aromatic carbocycles. The number of nitrogens with one attached hydrogen (secondary N) is 1. The summed E-state index contributed by atoms with van der Waals surface area (Å²) in [6, 6.07) is 0.206. The van der Waals surface area contributed by atoms with Gasteiger partial charge in [-0.25, -0.2) is 4.98 Å². The average Bonchev–Trinajstić information content (AvgIpc) is 2.88. The van der Waals surface area contributed by atoms with E-state index in [2.05, 4.69) is 24.1 Å². The highest BCUT2D eigenvalue weighted by atomic mass is 19.4. The van der Waals surface area contributed by atoms with Crippen LogP contribution in [0.3, 0.4) is 0 Å². The summed E-state index contributed by atoms with van der Waals surface area (Å²) >= 11 is 0. The minimum Gasteiger partial charge on any atom is -0.374 e. The van der Waals surface area contributed by atoms with Gasteiger partial charge < -0.3 is 15.0 Å². The Kier molecular flexibility index (Phi) is 5.41. The Bertz CT molecular complexity index is 517. The standard InChI is InChI=1S/C16H26F3N3O/c1-11-5-4-6-13(12(11)2)20-8-7-15(23,16(17,18)19)14-21-9-10-22(14)3/h9-13,20,23H,4-8H2,1-3H3/t11-,12-,13+,15-/m1/s1. The van der Waals surface area contributed by atoms with E-state index in [-0.39, 0.29) is 18.4 Å². The summed E-state index contributed by atoms with van der Waals surface area (Å²) < 4.78 is 41.5. The molecule has 4 nitrogen and oxygen atoms in total. The number of hydrogen-bond donors (Lipinski definition) is 2. The molecular formula is C16H26F3N3O. The minimum absolute atomic E-state index is 0.102. The first kappa shape index (κ1) is 18.3. The first-order valence-corrected chi connectivity index (χ1v) is 8.17. The largest absolute Gasteiger partial charge is 0.424 e. The fraction of sp³-hybridized carbons (Fsp3) is 0.812. The molecule has 0 aliphatic heterocycles. The van der Waals surface area contributed by atoms with Crippen molar-refractivity contribution in [1.82, 2.24) is 14.9 Å². The van der Waals surface area contributed by atoms with E-state index in [4.69, 9.17) is 0 Å². The molecule has 1 aromatic rings. The van der Waals surface area contributed by atoms with Crippen LogP contribution in [0.2, 0.25) is 0 Å². The molecule has 1 fully saturated rings. The number of rotatable bonds is 5. The maximum Gasteiger partial charge on any atom is 0.424 e. The fourth-order valence-electron chi connectivity index (χ4n) is 3.45. The summed E-state index contributed by atoms with van der Waals surface area (Å²) in [5.41, 5.74) is -2.93. The summed E-state index contributed by atoms with van der Waals surface area (Å²) in [7, 11) is 1.46. The van der Waals surface area contributed by atoms with Gasteiger partial charge in [-0.05, 0) is 24.8 Å². The number of aryl methyl sites for hydroxylation is 1. The molecule has 1 aliphatic carbocycles. The van der Waals surface area contributed by atoms with Crippen molar-refractivity contribution in [3.63, 3.8) is 0 Å². The van der Waals surface area contributed by atoms with E-state index >= 15 is 0 Å². The van der Waals surface area contributed by atoms with Gasteiger partial charge in [0.25, 0.3) is 0 Å². The van der Waals surface area contributed by atoms with Crippen LogP contribution in [0.4, 0.5) is 13.2 Å². The Hall–Kier alpha value is -1.08. The number of nitrogens with zero attached hydrogens (tertiary/aromatic N) is 2. The highest BCUT2D eigenvalue weighted by Gasteiger charge is 2.57. The molecule has 7 heteroatoms. The molecule has 0 unspecified atom stereocenters. The second kappa shape index (κ2) is 6.81. The molecule has 1 aliphatic rings. The van der Waals surface area contributed by atoms with Gasteiger partial charge in [0.15, 0.2) is 0 Å².